The summed E-state index contributed by atoms with van der Waals surface area (Å²) in [6.07, 6.45) is 0.128. The highest BCUT2D eigenvalue weighted by molar-refractivity contribution is 5.81. The van der Waals surface area contributed by atoms with E-state index in [9.17, 15) is 9.90 Å². The van der Waals surface area contributed by atoms with E-state index < -0.39 is 17.2 Å². The van der Waals surface area contributed by atoms with Crippen molar-refractivity contribution in [1.29, 1.82) is 0 Å². The topological polar surface area (TPSA) is 65.0 Å². The average molecular weight is 318 g/mol. The van der Waals surface area contributed by atoms with Gasteiger partial charge in [0, 0.05) is 5.92 Å². The smallest absolute Gasteiger partial charge is 0.312 e. The molecule has 1 N–H and O–H groups in total. The van der Waals surface area contributed by atoms with Gasteiger partial charge in [0.25, 0.3) is 0 Å². The molecule has 0 amide bonds. The van der Waals surface area contributed by atoms with Crippen LogP contribution in [0, 0.1) is 17.3 Å². The third kappa shape index (κ3) is 2.30. The maximum absolute atomic E-state index is 11.8. The summed E-state index contributed by atoms with van der Waals surface area (Å²) in [4.78, 5) is 11.8. The molecule has 3 aliphatic rings. The van der Waals surface area contributed by atoms with Crippen LogP contribution in [-0.4, -0.2) is 35.7 Å². The lowest BCUT2D eigenvalue weighted by atomic mass is 9.98. The molecule has 2 aliphatic carbocycles. The van der Waals surface area contributed by atoms with Crippen molar-refractivity contribution in [3.63, 3.8) is 0 Å². The molecule has 5 atom stereocenters. The summed E-state index contributed by atoms with van der Waals surface area (Å²) in [5.41, 5.74) is 0.352. The molecular formula is C18H22O5. The second-order valence-corrected chi connectivity index (χ2v) is 7.34. The van der Waals surface area contributed by atoms with Crippen LogP contribution in [0.1, 0.15) is 25.8 Å². The van der Waals surface area contributed by atoms with Crippen LogP contribution < -0.4 is 0 Å². The van der Waals surface area contributed by atoms with E-state index in [-0.39, 0.29) is 24.0 Å². The van der Waals surface area contributed by atoms with Crippen LogP contribution in [0.25, 0.3) is 0 Å². The zero-order valence-electron chi connectivity index (χ0n) is 13.4. The van der Waals surface area contributed by atoms with Gasteiger partial charge in [0.2, 0.25) is 0 Å². The second kappa shape index (κ2) is 5.03. The summed E-state index contributed by atoms with van der Waals surface area (Å²) in [5.74, 6) is -1.30. The van der Waals surface area contributed by atoms with Gasteiger partial charge in [-0.05, 0) is 31.7 Å². The van der Waals surface area contributed by atoms with Crippen molar-refractivity contribution in [2.45, 2.75) is 44.9 Å². The summed E-state index contributed by atoms with van der Waals surface area (Å²) < 4.78 is 17.8. The van der Waals surface area contributed by atoms with Gasteiger partial charge in [0.15, 0.2) is 5.79 Å². The minimum atomic E-state index is -0.765. The number of fused-ring (bicyclic) bond motifs is 3. The molecule has 0 radical (unpaired) electrons. The molecule has 124 valence electrons. The molecule has 5 nitrogen and oxygen atoms in total. The number of benzene rings is 1. The number of carboxylic acids is 1. The number of carbonyl (C=O) groups is 1. The standard InChI is InChI=1S/C18H22O5/c1-17(2)22-14-12(10-21-9-11-6-4-3-5-7-11)13-8-18(13,16(19)20)15(14)23-17/h3-7,12-15H,8-10H2,1-2H3,(H,19,20)/t12-,13-,14+,15+,18+/m0/s1. The molecule has 23 heavy (non-hydrogen) atoms. The van der Waals surface area contributed by atoms with Gasteiger partial charge in [-0.15, -0.1) is 0 Å². The van der Waals surface area contributed by atoms with E-state index in [2.05, 4.69) is 0 Å². The number of aliphatic carboxylic acids is 1. The van der Waals surface area contributed by atoms with Gasteiger partial charge in [-0.3, -0.25) is 4.79 Å². The van der Waals surface area contributed by atoms with Crippen molar-refractivity contribution in [3.8, 4) is 0 Å². The first kappa shape index (κ1) is 15.1. The van der Waals surface area contributed by atoms with E-state index in [1.165, 1.54) is 0 Å². The van der Waals surface area contributed by atoms with Crippen LogP contribution in [0.4, 0.5) is 0 Å². The van der Waals surface area contributed by atoms with E-state index in [0.29, 0.717) is 19.6 Å². The van der Waals surface area contributed by atoms with Crippen LogP contribution in [0.5, 0.6) is 0 Å². The highest BCUT2D eigenvalue weighted by Gasteiger charge is 2.79. The molecule has 1 saturated heterocycles. The van der Waals surface area contributed by atoms with E-state index in [1.54, 1.807) is 0 Å². The van der Waals surface area contributed by atoms with Crippen LogP contribution in [-0.2, 0) is 25.6 Å². The molecule has 0 spiro atoms. The largest absolute Gasteiger partial charge is 0.481 e. The van der Waals surface area contributed by atoms with E-state index in [0.717, 1.165) is 5.56 Å². The lowest BCUT2D eigenvalue weighted by molar-refractivity contribution is -0.172. The fraction of sp³-hybridized carbons (Fsp3) is 0.611. The summed E-state index contributed by atoms with van der Waals surface area (Å²) in [5, 5.41) is 9.68. The zero-order chi connectivity index (χ0) is 16.2. The van der Waals surface area contributed by atoms with Gasteiger partial charge in [0.1, 0.15) is 11.5 Å². The van der Waals surface area contributed by atoms with Gasteiger partial charge in [0.05, 0.1) is 19.3 Å². The molecule has 1 aromatic rings. The fourth-order valence-electron chi connectivity index (χ4n) is 4.36. The Morgan fingerprint density at radius 3 is 2.74 bits per heavy atom. The van der Waals surface area contributed by atoms with Crippen molar-refractivity contribution in [1.82, 2.24) is 0 Å². The monoisotopic (exact) mass is 318 g/mol. The quantitative estimate of drug-likeness (QED) is 0.903. The third-order valence-electron chi connectivity index (χ3n) is 5.45. The summed E-state index contributed by atoms with van der Waals surface area (Å²) in [6.45, 7) is 4.74. The maximum atomic E-state index is 11.8. The molecule has 1 heterocycles. The minimum Gasteiger partial charge on any atom is -0.481 e. The van der Waals surface area contributed by atoms with E-state index in [4.69, 9.17) is 14.2 Å². The van der Waals surface area contributed by atoms with Crippen LogP contribution >= 0.6 is 0 Å². The first-order valence-corrected chi connectivity index (χ1v) is 8.15. The van der Waals surface area contributed by atoms with Gasteiger partial charge in [-0.1, -0.05) is 30.3 Å². The van der Waals surface area contributed by atoms with Gasteiger partial charge in [-0.2, -0.15) is 0 Å². The molecule has 2 saturated carbocycles. The zero-order valence-corrected chi connectivity index (χ0v) is 13.4. The summed E-state index contributed by atoms with van der Waals surface area (Å²) in [6, 6.07) is 9.99. The average Bonchev–Trinajstić information content (AvgIpc) is 3.10. The highest BCUT2D eigenvalue weighted by atomic mass is 16.8. The molecule has 0 aromatic heterocycles. The number of carboxylic acid groups (broad SMARTS) is 1. The Bertz CT molecular complexity index is 613. The SMILES string of the molecule is CC1(C)O[C@@H]2[C@@H](COCc3ccccc3)[C@@H]3C[C@]3(C(=O)O)[C@@H]2O1. The maximum Gasteiger partial charge on any atom is 0.312 e. The Balaban J connectivity index is 1.46. The molecule has 4 rings (SSSR count). The van der Waals surface area contributed by atoms with E-state index in [1.807, 2.05) is 44.2 Å². The van der Waals surface area contributed by atoms with Crippen molar-refractivity contribution in [2.24, 2.45) is 17.3 Å². The van der Waals surface area contributed by atoms with Gasteiger partial charge >= 0.3 is 5.97 Å². The molecular weight excluding hydrogens is 296 g/mol. The highest BCUT2D eigenvalue weighted by Crippen LogP contribution is 2.70. The molecule has 1 aromatic carbocycles. The number of hydrogen-bond acceptors (Lipinski definition) is 4. The first-order valence-electron chi connectivity index (χ1n) is 8.15. The Kier molecular flexibility index (Phi) is 3.31. The van der Waals surface area contributed by atoms with Crippen molar-refractivity contribution >= 4 is 5.97 Å². The molecule has 3 fully saturated rings. The third-order valence-corrected chi connectivity index (χ3v) is 5.45. The number of ether oxygens (including phenoxy) is 3. The molecule has 0 unspecified atom stereocenters. The lowest BCUT2D eigenvalue weighted by Gasteiger charge is -2.22. The Labute approximate surface area is 135 Å². The number of hydrogen-bond donors (Lipinski definition) is 1. The molecule has 0 bridgehead atoms. The summed E-state index contributed by atoms with van der Waals surface area (Å²) in [7, 11) is 0. The van der Waals surface area contributed by atoms with Crippen LogP contribution in [0.3, 0.4) is 0 Å². The molecule has 5 heteroatoms. The van der Waals surface area contributed by atoms with Crippen LogP contribution in [0.2, 0.25) is 0 Å². The minimum absolute atomic E-state index is 0.0848. The van der Waals surface area contributed by atoms with Crippen molar-refractivity contribution in [2.75, 3.05) is 6.61 Å². The van der Waals surface area contributed by atoms with Crippen molar-refractivity contribution in [3.05, 3.63) is 35.9 Å². The predicted molar refractivity (Wildman–Crippen MR) is 81.6 cm³/mol. The van der Waals surface area contributed by atoms with Gasteiger partial charge < -0.3 is 19.3 Å². The van der Waals surface area contributed by atoms with E-state index >= 15 is 0 Å². The number of rotatable bonds is 5. The lowest BCUT2D eigenvalue weighted by Crippen LogP contribution is -2.35. The second-order valence-electron chi connectivity index (χ2n) is 7.34. The normalized spacial score (nSPS) is 39.7. The fourth-order valence-corrected chi connectivity index (χ4v) is 4.36. The Hall–Kier alpha value is -1.43. The van der Waals surface area contributed by atoms with Crippen molar-refractivity contribution < 1.29 is 24.1 Å². The predicted octanol–water partition coefficient (Wildman–Crippen LogP) is 2.44. The molecule has 1 aliphatic heterocycles. The summed E-state index contributed by atoms with van der Waals surface area (Å²) >= 11 is 0. The first-order chi connectivity index (χ1) is 10.9. The Morgan fingerprint density at radius 2 is 2.04 bits per heavy atom. The Morgan fingerprint density at radius 1 is 1.30 bits per heavy atom. The van der Waals surface area contributed by atoms with Crippen LogP contribution in [0.15, 0.2) is 30.3 Å². The van der Waals surface area contributed by atoms with Gasteiger partial charge in [-0.25, -0.2) is 0 Å².